The molecule has 0 unspecified atom stereocenters. The van der Waals surface area contributed by atoms with Gasteiger partial charge in [-0.1, -0.05) is 23.7 Å². The number of nitrogens with one attached hydrogen (secondary N) is 1. The third-order valence-electron chi connectivity index (χ3n) is 4.04. The summed E-state index contributed by atoms with van der Waals surface area (Å²) in [6.07, 6.45) is 0. The number of carbonyl (C=O) groups excluding carboxylic acids is 1. The summed E-state index contributed by atoms with van der Waals surface area (Å²) in [7, 11) is 0. The number of rotatable bonds is 7. The second-order valence-corrected chi connectivity index (χ2v) is 6.57. The van der Waals surface area contributed by atoms with Gasteiger partial charge in [-0.05, 0) is 59.7 Å². The first-order valence-corrected chi connectivity index (χ1v) is 9.10. The number of aliphatic hydroxyl groups excluding tert-OH is 2. The number of halogens is 2. The normalized spacial score (nSPS) is 10.8. The number of benzene rings is 2. The summed E-state index contributed by atoms with van der Waals surface area (Å²) in [5, 5.41) is 20.8. The van der Waals surface area contributed by atoms with Crippen LogP contribution >= 0.6 is 11.6 Å². The molecule has 1 heterocycles. The summed E-state index contributed by atoms with van der Waals surface area (Å²) >= 11 is 6.05. The first kappa shape index (κ1) is 20.7. The quantitative estimate of drug-likeness (QED) is 0.513. The van der Waals surface area contributed by atoms with Gasteiger partial charge >= 0.3 is 0 Å². The third kappa shape index (κ3) is 5.51. The molecule has 0 aliphatic heterocycles. The van der Waals surface area contributed by atoms with Crippen LogP contribution in [0.15, 0.2) is 60.7 Å². The predicted octanol–water partition coefficient (Wildman–Crippen LogP) is 3.42. The fourth-order valence-corrected chi connectivity index (χ4v) is 2.75. The summed E-state index contributed by atoms with van der Waals surface area (Å²) < 4.78 is 18.6. The van der Waals surface area contributed by atoms with E-state index in [0.29, 0.717) is 17.1 Å². The van der Waals surface area contributed by atoms with Gasteiger partial charge in [-0.2, -0.15) is 0 Å². The zero-order chi connectivity index (χ0) is 20.8. The van der Waals surface area contributed by atoms with Gasteiger partial charge in [-0.15, -0.1) is 0 Å². The van der Waals surface area contributed by atoms with Crippen molar-refractivity contribution < 1.29 is 24.1 Å². The lowest BCUT2D eigenvalue weighted by atomic mass is 10.1. The van der Waals surface area contributed by atoms with Gasteiger partial charge in [0.15, 0.2) is 0 Å². The minimum absolute atomic E-state index is 0.0611. The standard InChI is InChI=1S/C21H18ClFN2O4/c22-20-10-14(9-19(25-20)21(28)24-16(11-26)12-27)13-1-5-17(6-2-13)29-18-7-3-15(23)4-8-18/h1-10,16,26-27H,11-12H2,(H,24,28). The molecule has 0 aliphatic carbocycles. The summed E-state index contributed by atoms with van der Waals surface area (Å²) in [6.45, 7) is -0.795. The molecule has 0 radical (unpaired) electrons. The lowest BCUT2D eigenvalue weighted by Crippen LogP contribution is -2.40. The zero-order valence-electron chi connectivity index (χ0n) is 15.2. The molecule has 0 atom stereocenters. The van der Waals surface area contributed by atoms with Crippen molar-refractivity contribution >= 4 is 17.5 Å². The monoisotopic (exact) mass is 416 g/mol. The highest BCUT2D eigenvalue weighted by Gasteiger charge is 2.15. The maximum absolute atomic E-state index is 13.0. The Balaban J connectivity index is 1.78. The third-order valence-corrected chi connectivity index (χ3v) is 4.23. The molecule has 0 saturated heterocycles. The van der Waals surface area contributed by atoms with E-state index in [9.17, 15) is 9.18 Å². The Kier molecular flexibility index (Phi) is 6.77. The average Bonchev–Trinajstić information content (AvgIpc) is 2.73. The van der Waals surface area contributed by atoms with Gasteiger partial charge in [0.1, 0.15) is 28.2 Å². The number of carbonyl (C=O) groups is 1. The highest BCUT2D eigenvalue weighted by atomic mass is 35.5. The minimum Gasteiger partial charge on any atom is -0.457 e. The first-order valence-electron chi connectivity index (χ1n) is 8.72. The van der Waals surface area contributed by atoms with Crippen LogP contribution in [0.3, 0.4) is 0 Å². The van der Waals surface area contributed by atoms with E-state index in [1.165, 1.54) is 24.3 Å². The summed E-state index contributed by atoms with van der Waals surface area (Å²) in [5.74, 6) is 0.170. The van der Waals surface area contributed by atoms with Crippen LogP contribution in [0.5, 0.6) is 11.5 Å². The molecule has 0 aliphatic rings. The number of aliphatic hydroxyl groups is 2. The Morgan fingerprint density at radius 2 is 1.59 bits per heavy atom. The van der Waals surface area contributed by atoms with Crippen molar-refractivity contribution in [3.8, 4) is 22.6 Å². The maximum atomic E-state index is 13.0. The lowest BCUT2D eigenvalue weighted by molar-refractivity contribution is 0.0874. The molecule has 2 aromatic carbocycles. The van der Waals surface area contributed by atoms with Crippen molar-refractivity contribution in [2.75, 3.05) is 13.2 Å². The Labute approximate surface area is 171 Å². The van der Waals surface area contributed by atoms with E-state index in [1.807, 2.05) is 0 Å². The largest absolute Gasteiger partial charge is 0.457 e. The molecule has 0 spiro atoms. The summed E-state index contributed by atoms with van der Waals surface area (Å²) in [5.41, 5.74) is 1.50. The van der Waals surface area contributed by atoms with E-state index in [0.717, 1.165) is 5.56 Å². The molecular weight excluding hydrogens is 399 g/mol. The van der Waals surface area contributed by atoms with E-state index in [4.69, 9.17) is 26.6 Å². The number of aromatic nitrogens is 1. The summed E-state index contributed by atoms with van der Waals surface area (Å²) in [6, 6.07) is 15.1. The second-order valence-electron chi connectivity index (χ2n) is 6.18. The van der Waals surface area contributed by atoms with Crippen molar-refractivity contribution in [1.29, 1.82) is 0 Å². The summed E-state index contributed by atoms with van der Waals surface area (Å²) in [4.78, 5) is 16.3. The van der Waals surface area contributed by atoms with Gasteiger partial charge < -0.3 is 20.3 Å². The predicted molar refractivity (Wildman–Crippen MR) is 107 cm³/mol. The highest BCUT2D eigenvalue weighted by molar-refractivity contribution is 6.29. The van der Waals surface area contributed by atoms with E-state index < -0.39 is 25.2 Å². The van der Waals surface area contributed by atoms with Crippen molar-refractivity contribution in [3.63, 3.8) is 0 Å². The molecule has 1 aromatic heterocycles. The Bertz CT molecular complexity index is 977. The van der Waals surface area contributed by atoms with Gasteiger partial charge in [0.25, 0.3) is 5.91 Å². The molecule has 1 amide bonds. The Morgan fingerprint density at radius 3 is 2.17 bits per heavy atom. The molecule has 0 fully saturated rings. The molecule has 3 rings (SSSR count). The van der Waals surface area contributed by atoms with Gasteiger partial charge in [0, 0.05) is 0 Å². The van der Waals surface area contributed by atoms with Gasteiger partial charge in [-0.25, -0.2) is 9.37 Å². The van der Waals surface area contributed by atoms with Gasteiger partial charge in [-0.3, -0.25) is 4.79 Å². The van der Waals surface area contributed by atoms with Crippen molar-refractivity contribution in [1.82, 2.24) is 10.3 Å². The number of nitrogens with zero attached hydrogens (tertiary/aromatic N) is 1. The van der Waals surface area contributed by atoms with Crippen LogP contribution < -0.4 is 10.1 Å². The number of hydrogen-bond acceptors (Lipinski definition) is 5. The number of ether oxygens (including phenoxy) is 1. The number of amides is 1. The highest BCUT2D eigenvalue weighted by Crippen LogP contribution is 2.27. The van der Waals surface area contributed by atoms with Crippen LogP contribution in [0.1, 0.15) is 10.5 Å². The van der Waals surface area contributed by atoms with Crippen LogP contribution in [0, 0.1) is 5.82 Å². The number of hydrogen-bond donors (Lipinski definition) is 3. The second kappa shape index (κ2) is 9.47. The van der Waals surface area contributed by atoms with Gasteiger partial charge in [0.2, 0.25) is 0 Å². The molecule has 0 bridgehead atoms. The molecular formula is C21H18ClFN2O4. The lowest BCUT2D eigenvalue weighted by Gasteiger charge is -2.13. The van der Waals surface area contributed by atoms with Crippen molar-refractivity contribution in [2.24, 2.45) is 0 Å². The Morgan fingerprint density at radius 1 is 1.00 bits per heavy atom. The van der Waals surface area contributed by atoms with Crippen LogP contribution in [-0.4, -0.2) is 40.4 Å². The van der Waals surface area contributed by atoms with E-state index in [2.05, 4.69) is 10.3 Å². The van der Waals surface area contributed by atoms with Crippen molar-refractivity contribution in [3.05, 3.63) is 77.3 Å². The molecule has 3 aromatic rings. The number of pyridine rings is 1. The maximum Gasteiger partial charge on any atom is 0.270 e. The fraction of sp³-hybridized carbons (Fsp3) is 0.143. The van der Waals surface area contributed by atoms with Crippen LogP contribution in [-0.2, 0) is 0 Å². The molecule has 6 nitrogen and oxygen atoms in total. The Hall–Kier alpha value is -3.00. The smallest absolute Gasteiger partial charge is 0.270 e. The molecule has 150 valence electrons. The molecule has 29 heavy (non-hydrogen) atoms. The van der Waals surface area contributed by atoms with Crippen LogP contribution in [0.25, 0.3) is 11.1 Å². The minimum atomic E-state index is -0.783. The van der Waals surface area contributed by atoms with E-state index in [-0.39, 0.29) is 16.7 Å². The first-order chi connectivity index (χ1) is 14.0. The zero-order valence-corrected chi connectivity index (χ0v) is 15.9. The molecule has 8 heteroatoms. The van der Waals surface area contributed by atoms with Crippen LogP contribution in [0.4, 0.5) is 4.39 Å². The fourth-order valence-electron chi connectivity index (χ4n) is 2.54. The molecule has 0 saturated carbocycles. The average molecular weight is 417 g/mol. The van der Waals surface area contributed by atoms with E-state index in [1.54, 1.807) is 36.4 Å². The van der Waals surface area contributed by atoms with Crippen LogP contribution in [0.2, 0.25) is 5.15 Å². The van der Waals surface area contributed by atoms with Crippen molar-refractivity contribution in [2.45, 2.75) is 6.04 Å². The topological polar surface area (TPSA) is 91.7 Å². The van der Waals surface area contributed by atoms with E-state index >= 15 is 0 Å². The SMILES string of the molecule is O=C(NC(CO)CO)c1cc(-c2ccc(Oc3ccc(F)cc3)cc2)cc(Cl)n1. The van der Waals surface area contributed by atoms with Gasteiger partial charge in [0.05, 0.1) is 19.3 Å². The molecule has 3 N–H and O–H groups in total.